The van der Waals surface area contributed by atoms with Gasteiger partial charge in [-0.2, -0.15) is 0 Å². The minimum atomic E-state index is 0.00916. The summed E-state index contributed by atoms with van der Waals surface area (Å²) in [5.41, 5.74) is 1.41. The van der Waals surface area contributed by atoms with Gasteiger partial charge >= 0.3 is 0 Å². The van der Waals surface area contributed by atoms with Crippen LogP contribution in [0.2, 0.25) is 0 Å². The van der Waals surface area contributed by atoms with E-state index in [0.717, 1.165) is 14.9 Å². The van der Waals surface area contributed by atoms with E-state index in [1.54, 1.807) is 30.0 Å². The summed E-state index contributed by atoms with van der Waals surface area (Å²) in [4.78, 5) is 12.4. The van der Waals surface area contributed by atoms with Crippen LogP contribution in [0.25, 0.3) is 0 Å². The second kappa shape index (κ2) is 6.26. The number of benzene rings is 2. The number of carbonyl (C=O) groups excluding carboxylic acids is 1. The summed E-state index contributed by atoms with van der Waals surface area (Å²) in [5, 5.41) is 9.81. The van der Waals surface area contributed by atoms with E-state index in [2.05, 4.69) is 15.9 Å². The van der Waals surface area contributed by atoms with Gasteiger partial charge in [0.05, 0.1) is 0 Å². The molecule has 4 heteroatoms. The number of thioether (sulfide) groups is 1. The lowest BCUT2D eigenvalue weighted by molar-refractivity contribution is 0.101. The Hall–Kier alpha value is -1.26. The van der Waals surface area contributed by atoms with Crippen molar-refractivity contribution in [3.63, 3.8) is 0 Å². The first-order chi connectivity index (χ1) is 9.06. The molecule has 1 N–H and O–H groups in total. The Labute approximate surface area is 125 Å². The zero-order chi connectivity index (χ0) is 13.8. The minimum Gasteiger partial charge on any atom is -0.508 e. The molecule has 2 nitrogen and oxygen atoms in total. The molecule has 0 aromatic heterocycles. The highest BCUT2D eigenvalue weighted by Gasteiger charge is 2.06. The summed E-state index contributed by atoms with van der Waals surface area (Å²) in [6.07, 6.45) is 0. The Morgan fingerprint density at radius 2 is 1.89 bits per heavy atom. The third-order valence-electron chi connectivity index (χ3n) is 2.69. The van der Waals surface area contributed by atoms with Crippen molar-refractivity contribution in [2.24, 2.45) is 0 Å². The van der Waals surface area contributed by atoms with Gasteiger partial charge in [-0.05, 0) is 49.4 Å². The van der Waals surface area contributed by atoms with Crippen LogP contribution in [0.3, 0.4) is 0 Å². The molecule has 0 unspecified atom stereocenters. The molecule has 2 aromatic rings. The van der Waals surface area contributed by atoms with Gasteiger partial charge in [0, 0.05) is 26.2 Å². The Balaban J connectivity index is 2.12. The predicted octanol–water partition coefficient (Wildman–Crippen LogP) is 4.65. The van der Waals surface area contributed by atoms with Crippen molar-refractivity contribution in [2.75, 3.05) is 0 Å². The highest BCUT2D eigenvalue weighted by Crippen LogP contribution is 2.29. The van der Waals surface area contributed by atoms with E-state index < -0.39 is 0 Å². The van der Waals surface area contributed by atoms with Gasteiger partial charge in [0.25, 0.3) is 0 Å². The van der Waals surface area contributed by atoms with E-state index in [4.69, 9.17) is 0 Å². The number of phenols is 1. The third kappa shape index (κ3) is 3.85. The molecule has 0 aliphatic carbocycles. The first-order valence-corrected chi connectivity index (χ1v) is 7.55. The van der Waals surface area contributed by atoms with Crippen LogP contribution >= 0.6 is 27.7 Å². The number of carbonyl (C=O) groups is 1. The number of rotatable bonds is 4. The fourth-order valence-corrected chi connectivity index (χ4v) is 2.76. The standard InChI is InChI=1S/C15H13BrO2S/c1-10(17)11-2-7-15(18)12(8-11)9-19-14-5-3-13(16)4-6-14/h2-8,18H,9H2,1H3. The Morgan fingerprint density at radius 3 is 2.53 bits per heavy atom. The van der Waals surface area contributed by atoms with E-state index in [0.29, 0.717) is 11.3 Å². The molecule has 2 rings (SSSR count). The second-order valence-corrected chi connectivity index (χ2v) is 6.11. The number of halogens is 1. The predicted molar refractivity (Wildman–Crippen MR) is 81.8 cm³/mol. The Bertz CT molecular complexity index is 594. The maximum atomic E-state index is 11.3. The van der Waals surface area contributed by atoms with Crippen LogP contribution in [-0.2, 0) is 5.75 Å². The molecule has 0 aliphatic heterocycles. The maximum Gasteiger partial charge on any atom is 0.159 e. The first kappa shape index (κ1) is 14.2. The molecule has 0 saturated carbocycles. The van der Waals surface area contributed by atoms with Crippen molar-refractivity contribution in [1.29, 1.82) is 0 Å². The molecule has 0 fully saturated rings. The van der Waals surface area contributed by atoms with Gasteiger partial charge in [-0.3, -0.25) is 4.79 Å². The second-order valence-electron chi connectivity index (χ2n) is 4.14. The smallest absolute Gasteiger partial charge is 0.159 e. The molecule has 0 amide bonds. The van der Waals surface area contributed by atoms with Gasteiger partial charge in [0.1, 0.15) is 5.75 Å². The van der Waals surface area contributed by atoms with Crippen molar-refractivity contribution < 1.29 is 9.90 Å². The average Bonchev–Trinajstić information content (AvgIpc) is 2.39. The average molecular weight is 337 g/mol. The summed E-state index contributed by atoms with van der Waals surface area (Å²) in [7, 11) is 0. The number of ketones is 1. The molecule has 0 spiro atoms. The van der Waals surface area contributed by atoms with Crippen molar-refractivity contribution in [2.45, 2.75) is 17.6 Å². The molecule has 0 saturated heterocycles. The molecule has 2 aromatic carbocycles. The molecule has 0 heterocycles. The summed E-state index contributed by atoms with van der Waals surface area (Å²) >= 11 is 5.02. The normalized spacial score (nSPS) is 10.4. The summed E-state index contributed by atoms with van der Waals surface area (Å²) < 4.78 is 1.04. The Kier molecular flexibility index (Phi) is 4.66. The van der Waals surface area contributed by atoms with Crippen LogP contribution in [0, 0.1) is 0 Å². The number of hydrogen-bond donors (Lipinski definition) is 1. The number of phenolic OH excluding ortho intramolecular Hbond substituents is 1. The van der Waals surface area contributed by atoms with E-state index in [1.165, 1.54) is 6.92 Å². The Morgan fingerprint density at radius 1 is 1.21 bits per heavy atom. The maximum absolute atomic E-state index is 11.3. The highest BCUT2D eigenvalue weighted by molar-refractivity contribution is 9.10. The van der Waals surface area contributed by atoms with Crippen LogP contribution < -0.4 is 0 Å². The minimum absolute atomic E-state index is 0.00916. The largest absolute Gasteiger partial charge is 0.508 e. The van der Waals surface area contributed by atoms with E-state index in [9.17, 15) is 9.90 Å². The molecule has 0 atom stereocenters. The molecule has 0 aliphatic rings. The van der Waals surface area contributed by atoms with Crippen molar-refractivity contribution in [1.82, 2.24) is 0 Å². The van der Waals surface area contributed by atoms with E-state index in [1.807, 2.05) is 24.3 Å². The lowest BCUT2D eigenvalue weighted by Crippen LogP contribution is -1.93. The molecule has 0 bridgehead atoms. The zero-order valence-corrected chi connectivity index (χ0v) is 12.8. The van der Waals surface area contributed by atoms with Gasteiger partial charge in [0.2, 0.25) is 0 Å². The first-order valence-electron chi connectivity index (χ1n) is 5.77. The van der Waals surface area contributed by atoms with Crippen molar-refractivity contribution in [3.8, 4) is 5.75 Å². The number of aromatic hydroxyl groups is 1. The summed E-state index contributed by atoms with van der Waals surface area (Å²) in [5.74, 6) is 0.874. The van der Waals surface area contributed by atoms with Gasteiger partial charge in [-0.25, -0.2) is 0 Å². The van der Waals surface area contributed by atoms with Crippen LogP contribution in [0.5, 0.6) is 5.75 Å². The SMILES string of the molecule is CC(=O)c1ccc(O)c(CSc2ccc(Br)cc2)c1. The van der Waals surface area contributed by atoms with E-state index >= 15 is 0 Å². The monoisotopic (exact) mass is 336 g/mol. The zero-order valence-electron chi connectivity index (χ0n) is 10.4. The quantitative estimate of drug-likeness (QED) is 0.652. The molecule has 0 radical (unpaired) electrons. The number of hydrogen-bond acceptors (Lipinski definition) is 3. The number of Topliss-reactive ketones (excluding diaryl/α,β-unsaturated/α-hetero) is 1. The van der Waals surface area contributed by atoms with Gasteiger partial charge in [-0.15, -0.1) is 11.8 Å². The molecule has 98 valence electrons. The van der Waals surface area contributed by atoms with Gasteiger partial charge in [0.15, 0.2) is 5.78 Å². The van der Waals surface area contributed by atoms with Crippen LogP contribution in [-0.4, -0.2) is 10.9 Å². The van der Waals surface area contributed by atoms with Gasteiger partial charge < -0.3 is 5.11 Å². The van der Waals surface area contributed by atoms with Gasteiger partial charge in [-0.1, -0.05) is 15.9 Å². The summed E-state index contributed by atoms with van der Waals surface area (Å²) in [6.45, 7) is 1.53. The lowest BCUT2D eigenvalue weighted by Gasteiger charge is -2.06. The third-order valence-corrected chi connectivity index (χ3v) is 4.28. The molecule has 19 heavy (non-hydrogen) atoms. The lowest BCUT2D eigenvalue weighted by atomic mass is 10.1. The van der Waals surface area contributed by atoms with Crippen molar-refractivity contribution in [3.05, 3.63) is 58.1 Å². The summed E-state index contributed by atoms with van der Waals surface area (Å²) in [6, 6.07) is 13.0. The fourth-order valence-electron chi connectivity index (χ4n) is 1.61. The molecular weight excluding hydrogens is 324 g/mol. The van der Waals surface area contributed by atoms with Crippen LogP contribution in [0.15, 0.2) is 51.8 Å². The highest BCUT2D eigenvalue weighted by atomic mass is 79.9. The molecular formula is C15H13BrO2S. The topological polar surface area (TPSA) is 37.3 Å². The van der Waals surface area contributed by atoms with Crippen LogP contribution in [0.4, 0.5) is 0 Å². The van der Waals surface area contributed by atoms with Crippen molar-refractivity contribution >= 4 is 33.5 Å². The fraction of sp³-hybridized carbons (Fsp3) is 0.133. The van der Waals surface area contributed by atoms with Crippen LogP contribution in [0.1, 0.15) is 22.8 Å². The van der Waals surface area contributed by atoms with E-state index in [-0.39, 0.29) is 11.5 Å².